The van der Waals surface area contributed by atoms with Crippen LogP contribution >= 0.6 is 0 Å². The van der Waals surface area contributed by atoms with Gasteiger partial charge in [0.15, 0.2) is 0 Å². The van der Waals surface area contributed by atoms with Crippen molar-refractivity contribution in [2.75, 3.05) is 11.2 Å². The Morgan fingerprint density at radius 3 is 2.55 bits per heavy atom. The molecule has 0 saturated carbocycles. The molecular formula is C22H29N7O2. The Bertz CT molecular complexity index is 1150. The minimum Gasteiger partial charge on any atom is -0.384 e. The number of aryl methyl sites for hydroxylation is 4. The van der Waals surface area contributed by atoms with Gasteiger partial charge < -0.3 is 16.5 Å². The van der Waals surface area contributed by atoms with Crippen molar-refractivity contribution in [1.29, 1.82) is 0 Å². The normalized spacial score (nSPS) is 10.8. The average Bonchev–Trinajstić information content (AvgIpc) is 3.09. The monoisotopic (exact) mass is 423 g/mol. The molecule has 9 heteroatoms. The van der Waals surface area contributed by atoms with Gasteiger partial charge in [0.1, 0.15) is 5.82 Å². The first-order valence-electron chi connectivity index (χ1n) is 10.2. The summed E-state index contributed by atoms with van der Waals surface area (Å²) in [5.41, 5.74) is 13.4. The maximum atomic E-state index is 12.9. The third-order valence-electron chi connectivity index (χ3n) is 5.27. The van der Waals surface area contributed by atoms with E-state index in [9.17, 15) is 9.59 Å². The lowest BCUT2D eigenvalue weighted by Gasteiger charge is -2.13. The fraction of sp³-hybridized carbons (Fsp3) is 0.364. The summed E-state index contributed by atoms with van der Waals surface area (Å²) in [6, 6.07) is 5.37. The van der Waals surface area contributed by atoms with Gasteiger partial charge in [0, 0.05) is 42.3 Å². The highest BCUT2D eigenvalue weighted by Crippen LogP contribution is 2.09. The van der Waals surface area contributed by atoms with E-state index in [-0.39, 0.29) is 17.9 Å². The van der Waals surface area contributed by atoms with E-state index in [2.05, 4.69) is 20.8 Å². The molecule has 3 aromatic rings. The molecule has 0 aromatic carbocycles. The lowest BCUT2D eigenvalue weighted by molar-refractivity contribution is -0.120. The summed E-state index contributed by atoms with van der Waals surface area (Å²) in [5, 5.41) is 7.27. The summed E-state index contributed by atoms with van der Waals surface area (Å²) >= 11 is 0. The van der Waals surface area contributed by atoms with Crippen LogP contribution in [0, 0.1) is 20.8 Å². The van der Waals surface area contributed by atoms with Crippen LogP contribution in [0.3, 0.4) is 0 Å². The molecule has 3 rings (SSSR count). The van der Waals surface area contributed by atoms with E-state index in [1.54, 1.807) is 12.3 Å². The highest BCUT2D eigenvalue weighted by molar-refractivity contribution is 5.78. The van der Waals surface area contributed by atoms with Crippen LogP contribution in [0.4, 0.5) is 5.82 Å². The van der Waals surface area contributed by atoms with Crippen LogP contribution in [0.2, 0.25) is 0 Å². The van der Waals surface area contributed by atoms with Crippen LogP contribution in [0.5, 0.6) is 0 Å². The van der Waals surface area contributed by atoms with E-state index in [0.717, 1.165) is 34.6 Å². The first kappa shape index (κ1) is 22.1. The van der Waals surface area contributed by atoms with Crippen LogP contribution in [0.1, 0.15) is 40.6 Å². The molecule has 3 aromatic heterocycles. The van der Waals surface area contributed by atoms with Gasteiger partial charge in [-0.3, -0.25) is 14.3 Å². The van der Waals surface area contributed by atoms with Crippen molar-refractivity contribution in [2.24, 2.45) is 0 Å². The predicted molar refractivity (Wildman–Crippen MR) is 120 cm³/mol. The number of aromatic nitrogens is 4. The number of amides is 1. The van der Waals surface area contributed by atoms with Crippen molar-refractivity contribution < 1.29 is 4.79 Å². The molecule has 0 bridgehead atoms. The Balaban J connectivity index is 1.67. The van der Waals surface area contributed by atoms with E-state index in [1.807, 2.05) is 50.7 Å². The molecule has 0 aliphatic rings. The molecule has 0 spiro atoms. The first-order chi connectivity index (χ1) is 14.8. The molecule has 0 unspecified atom stereocenters. The maximum absolute atomic E-state index is 12.9. The first-order valence-corrected chi connectivity index (χ1v) is 10.2. The van der Waals surface area contributed by atoms with Crippen LogP contribution < -0.4 is 22.0 Å². The number of hydrogen-bond donors (Lipinski definition) is 3. The quantitative estimate of drug-likeness (QED) is 0.506. The molecule has 31 heavy (non-hydrogen) atoms. The maximum Gasteiger partial charge on any atom is 0.272 e. The van der Waals surface area contributed by atoms with Gasteiger partial charge in [-0.1, -0.05) is 6.07 Å². The van der Waals surface area contributed by atoms with Gasteiger partial charge in [-0.2, -0.15) is 5.10 Å². The second kappa shape index (κ2) is 9.46. The fourth-order valence-electron chi connectivity index (χ4n) is 3.29. The molecule has 0 aliphatic heterocycles. The number of nitrogens with two attached hydrogens (primary N) is 1. The molecule has 0 aliphatic carbocycles. The molecule has 4 N–H and O–H groups in total. The SMILES string of the molecule is CCn1cc(CNn2ccc(C)c(CC(=O)NCc3ccc(N)nc3C)c2=O)c(C)n1. The largest absolute Gasteiger partial charge is 0.384 e. The number of nitrogens with zero attached hydrogens (tertiary/aromatic N) is 4. The molecule has 3 heterocycles. The highest BCUT2D eigenvalue weighted by atomic mass is 16.2. The van der Waals surface area contributed by atoms with Gasteiger partial charge in [0.25, 0.3) is 5.56 Å². The summed E-state index contributed by atoms with van der Waals surface area (Å²) in [5.74, 6) is 0.215. The fourth-order valence-corrected chi connectivity index (χ4v) is 3.29. The van der Waals surface area contributed by atoms with Crippen molar-refractivity contribution in [3.05, 3.63) is 74.6 Å². The summed E-state index contributed by atoms with van der Waals surface area (Å²) in [7, 11) is 0. The van der Waals surface area contributed by atoms with Crippen LogP contribution in [-0.4, -0.2) is 25.3 Å². The van der Waals surface area contributed by atoms with E-state index in [4.69, 9.17) is 5.73 Å². The van der Waals surface area contributed by atoms with Gasteiger partial charge >= 0.3 is 0 Å². The lowest BCUT2D eigenvalue weighted by Crippen LogP contribution is -2.34. The van der Waals surface area contributed by atoms with Crippen molar-refractivity contribution in [1.82, 2.24) is 24.8 Å². The zero-order valence-corrected chi connectivity index (χ0v) is 18.4. The van der Waals surface area contributed by atoms with E-state index in [1.165, 1.54) is 4.68 Å². The van der Waals surface area contributed by atoms with E-state index < -0.39 is 0 Å². The zero-order chi connectivity index (χ0) is 22.5. The second-order valence-corrected chi connectivity index (χ2v) is 7.52. The number of anilines is 1. The Morgan fingerprint density at radius 2 is 1.87 bits per heavy atom. The van der Waals surface area contributed by atoms with Crippen molar-refractivity contribution in [3.63, 3.8) is 0 Å². The Hall–Kier alpha value is -3.62. The smallest absolute Gasteiger partial charge is 0.272 e. The molecule has 0 fully saturated rings. The van der Waals surface area contributed by atoms with Crippen molar-refractivity contribution in [2.45, 2.75) is 53.8 Å². The topological polar surface area (TPSA) is 120 Å². The van der Waals surface area contributed by atoms with Crippen LogP contribution in [-0.2, 0) is 30.8 Å². The van der Waals surface area contributed by atoms with Crippen molar-refractivity contribution >= 4 is 11.7 Å². The third-order valence-corrected chi connectivity index (χ3v) is 5.27. The lowest BCUT2D eigenvalue weighted by atomic mass is 10.1. The van der Waals surface area contributed by atoms with Crippen LogP contribution in [0.15, 0.2) is 35.4 Å². The summed E-state index contributed by atoms with van der Waals surface area (Å²) in [4.78, 5) is 29.6. The third kappa shape index (κ3) is 5.30. The molecule has 9 nitrogen and oxygen atoms in total. The summed E-state index contributed by atoms with van der Waals surface area (Å²) in [6.07, 6.45) is 3.65. The van der Waals surface area contributed by atoms with Crippen molar-refractivity contribution in [3.8, 4) is 0 Å². The second-order valence-electron chi connectivity index (χ2n) is 7.52. The Labute approximate surface area is 181 Å². The minimum absolute atomic E-state index is 0.00142. The summed E-state index contributed by atoms with van der Waals surface area (Å²) in [6.45, 7) is 9.22. The van der Waals surface area contributed by atoms with Gasteiger partial charge in [0.05, 0.1) is 18.7 Å². The number of pyridine rings is 2. The van der Waals surface area contributed by atoms with Gasteiger partial charge in [-0.05, 0) is 51.0 Å². The molecule has 0 radical (unpaired) electrons. The van der Waals surface area contributed by atoms with E-state index in [0.29, 0.717) is 24.5 Å². The van der Waals surface area contributed by atoms with Gasteiger partial charge in [0.2, 0.25) is 5.91 Å². The van der Waals surface area contributed by atoms with Crippen LogP contribution in [0.25, 0.3) is 0 Å². The average molecular weight is 424 g/mol. The van der Waals surface area contributed by atoms with E-state index >= 15 is 0 Å². The number of carbonyl (C=O) groups excluding carboxylic acids is 1. The number of rotatable bonds is 8. The standard InChI is InChI=1S/C22H29N7O2/c1-5-28-13-18(16(4)27-28)12-25-29-9-8-14(2)19(22(29)31)10-21(30)24-11-17-6-7-20(23)26-15(17)3/h6-9,13,25H,5,10-12H2,1-4H3,(H2,23,26)(H,24,30). The molecular weight excluding hydrogens is 394 g/mol. The predicted octanol–water partition coefficient (Wildman–Crippen LogP) is 1.57. The molecule has 1 amide bonds. The molecule has 164 valence electrons. The van der Waals surface area contributed by atoms with Gasteiger partial charge in [-0.25, -0.2) is 9.66 Å². The number of nitrogen functional groups attached to an aromatic ring is 1. The Kier molecular flexibility index (Phi) is 6.74. The number of nitrogens with one attached hydrogen (secondary N) is 2. The molecule has 0 atom stereocenters. The summed E-state index contributed by atoms with van der Waals surface area (Å²) < 4.78 is 3.28. The molecule has 0 saturated heterocycles. The van der Waals surface area contributed by atoms with Gasteiger partial charge in [-0.15, -0.1) is 0 Å². The number of carbonyl (C=O) groups is 1. The number of hydrogen-bond acceptors (Lipinski definition) is 6. The Morgan fingerprint density at radius 1 is 1.10 bits per heavy atom. The zero-order valence-electron chi connectivity index (χ0n) is 18.4. The minimum atomic E-state index is -0.235. The highest BCUT2D eigenvalue weighted by Gasteiger charge is 2.13.